The van der Waals surface area contributed by atoms with Crippen LogP contribution in [-0.2, 0) is 13.2 Å². The number of ether oxygens (including phenoxy) is 5. The molecule has 3 N–H and O–H groups in total. The van der Waals surface area contributed by atoms with Gasteiger partial charge in [0.05, 0.1) is 55.9 Å². The van der Waals surface area contributed by atoms with Crippen LogP contribution in [0.15, 0.2) is 77.9 Å². The van der Waals surface area contributed by atoms with Crippen molar-refractivity contribution in [3.63, 3.8) is 0 Å². The van der Waals surface area contributed by atoms with E-state index in [-0.39, 0.29) is 42.5 Å². The Morgan fingerprint density at radius 1 is 0.818 bits per heavy atom. The van der Waals surface area contributed by atoms with Crippen molar-refractivity contribution in [2.24, 2.45) is 10.4 Å². The van der Waals surface area contributed by atoms with E-state index < -0.39 is 0 Å². The van der Waals surface area contributed by atoms with Gasteiger partial charge in [-0.25, -0.2) is 0 Å². The van der Waals surface area contributed by atoms with Gasteiger partial charge in [0.25, 0.3) is 11.8 Å². The van der Waals surface area contributed by atoms with Crippen LogP contribution in [0.1, 0.15) is 63.1 Å². The third-order valence-electron chi connectivity index (χ3n) is 11.4. The first-order valence-electron chi connectivity index (χ1n) is 18.6. The molecular formula is C43H43N5O7. The van der Waals surface area contributed by atoms with E-state index >= 15 is 0 Å². The Hall–Kier alpha value is -6.17. The number of carbonyl (C=O) groups is 2. The molecule has 1 saturated carbocycles. The number of nitrogen functional groups attached to an aromatic ring is 1. The molecule has 9 rings (SSSR count). The summed E-state index contributed by atoms with van der Waals surface area (Å²) in [6.45, 7) is 1.76. The second-order valence-electron chi connectivity index (χ2n) is 15.0. The third-order valence-corrected chi connectivity index (χ3v) is 11.4. The number of nitrogens with zero attached hydrogens (tertiary/aromatic N) is 3. The van der Waals surface area contributed by atoms with Crippen LogP contribution in [0.5, 0.6) is 28.7 Å². The van der Waals surface area contributed by atoms with Crippen LogP contribution in [0, 0.1) is 5.41 Å². The van der Waals surface area contributed by atoms with Crippen LogP contribution in [0.2, 0.25) is 0 Å². The zero-order valence-electron chi connectivity index (χ0n) is 31.1. The summed E-state index contributed by atoms with van der Waals surface area (Å²) >= 11 is 0. The second kappa shape index (κ2) is 13.6. The first-order chi connectivity index (χ1) is 26.7. The van der Waals surface area contributed by atoms with Crippen molar-refractivity contribution < 1.29 is 33.3 Å². The minimum atomic E-state index is -0.102. The highest BCUT2D eigenvalue weighted by Gasteiger charge is 2.53. The van der Waals surface area contributed by atoms with Crippen LogP contribution >= 0.6 is 0 Å². The molecule has 2 amide bonds. The Labute approximate surface area is 319 Å². The van der Waals surface area contributed by atoms with E-state index in [1.54, 1.807) is 39.5 Å². The Morgan fingerprint density at radius 2 is 1.51 bits per heavy atom. The quantitative estimate of drug-likeness (QED) is 0.167. The lowest BCUT2D eigenvalue weighted by atomic mass is 10.0. The van der Waals surface area contributed by atoms with Gasteiger partial charge in [-0.1, -0.05) is 12.1 Å². The number of carbonyl (C=O) groups excluding carboxylic acids is 2. The molecule has 12 nitrogen and oxygen atoms in total. The Balaban J connectivity index is 0.891. The first-order valence-corrected chi connectivity index (χ1v) is 18.6. The SMILES string of the molecule is COc1ccc(C2=CN3C(=O)c4cc(OC)c(OCc5cc(N)cc(COc6cc7c(cc6OC)C(=O)N6CC8(CC8)C[C@H]6C=N7)c5)cc4NC[C@@H]3C2)cc1. The van der Waals surface area contributed by atoms with E-state index in [1.165, 1.54) is 12.8 Å². The molecule has 2 fully saturated rings. The highest BCUT2D eigenvalue weighted by atomic mass is 16.5. The smallest absolute Gasteiger partial charge is 0.260 e. The van der Waals surface area contributed by atoms with Crippen molar-refractivity contribution in [1.82, 2.24) is 9.80 Å². The standard InChI is InChI=1S/C43H43N5O7/c1-51-32-6-4-27(5-7-32)28-13-30-19-45-35-16-39(37(52-2)14-33(35)41(49)47(30)21-28)54-22-25-10-26(12-29(44)11-25)23-55-40-17-36-34(15-38(40)53-3)42(50)48-24-43(8-9-43)18-31(48)20-46-36/h4-7,10-12,14-17,20-21,30-31,45H,8-9,13,18-19,22-24,44H2,1-3H3/t30-,31-/m0/s1. The average Bonchev–Trinajstić information content (AvgIpc) is 3.73. The second-order valence-corrected chi connectivity index (χ2v) is 15.0. The molecule has 0 aromatic heterocycles. The molecule has 2 atom stereocenters. The molecule has 4 heterocycles. The number of fused-ring (bicyclic) bond motifs is 4. The average molecular weight is 742 g/mol. The third kappa shape index (κ3) is 6.45. The molecule has 55 heavy (non-hydrogen) atoms. The molecule has 4 aromatic carbocycles. The minimum Gasteiger partial charge on any atom is -0.497 e. The number of anilines is 2. The van der Waals surface area contributed by atoms with Crippen molar-refractivity contribution >= 4 is 40.7 Å². The zero-order valence-corrected chi connectivity index (χ0v) is 31.1. The molecule has 0 unspecified atom stereocenters. The summed E-state index contributed by atoms with van der Waals surface area (Å²) in [5.41, 5.74) is 13.3. The predicted octanol–water partition coefficient (Wildman–Crippen LogP) is 6.84. The number of benzene rings is 4. The maximum atomic E-state index is 13.9. The lowest BCUT2D eigenvalue weighted by Gasteiger charge is -2.21. The van der Waals surface area contributed by atoms with Crippen molar-refractivity contribution in [3.05, 3.63) is 101 Å². The summed E-state index contributed by atoms with van der Waals surface area (Å²) in [6, 6.07) is 20.6. The topological polar surface area (TPSA) is 137 Å². The van der Waals surface area contributed by atoms with Crippen LogP contribution in [0.3, 0.4) is 0 Å². The number of methoxy groups -OCH3 is 3. The van der Waals surface area contributed by atoms with Gasteiger partial charge in [-0.3, -0.25) is 14.6 Å². The first kappa shape index (κ1) is 34.6. The lowest BCUT2D eigenvalue weighted by molar-refractivity contribution is 0.0765. The van der Waals surface area contributed by atoms with E-state index in [0.717, 1.165) is 47.4 Å². The summed E-state index contributed by atoms with van der Waals surface area (Å²) in [5, 5.41) is 3.48. The van der Waals surface area contributed by atoms with Crippen LogP contribution in [0.25, 0.3) is 5.57 Å². The van der Waals surface area contributed by atoms with Crippen molar-refractivity contribution in [3.8, 4) is 28.7 Å². The summed E-state index contributed by atoms with van der Waals surface area (Å²) in [4.78, 5) is 35.9. The molecule has 4 aliphatic heterocycles. The summed E-state index contributed by atoms with van der Waals surface area (Å²) in [7, 11) is 4.77. The number of amides is 2. The fraction of sp³-hybridized carbons (Fsp3) is 0.326. The molecule has 1 spiro atoms. The Bertz CT molecular complexity index is 2260. The van der Waals surface area contributed by atoms with E-state index in [1.807, 2.05) is 70.7 Å². The van der Waals surface area contributed by atoms with Crippen LogP contribution < -0.4 is 34.7 Å². The molecule has 1 saturated heterocycles. The molecule has 12 heteroatoms. The number of nitrogens with two attached hydrogens (primary N) is 1. The van der Waals surface area contributed by atoms with Crippen molar-refractivity contribution in [1.29, 1.82) is 0 Å². The number of aliphatic imine (C=N–C) groups is 1. The van der Waals surface area contributed by atoms with E-state index in [4.69, 9.17) is 34.4 Å². The largest absolute Gasteiger partial charge is 0.497 e. The molecule has 1 aliphatic carbocycles. The molecule has 4 aromatic rings. The molecular weight excluding hydrogens is 699 g/mol. The lowest BCUT2D eigenvalue weighted by Crippen LogP contribution is -2.35. The van der Waals surface area contributed by atoms with E-state index in [0.29, 0.717) is 57.7 Å². The number of nitrogens with one attached hydrogen (secondary N) is 1. The Kier molecular flexibility index (Phi) is 8.55. The van der Waals surface area contributed by atoms with Crippen molar-refractivity contribution in [2.75, 3.05) is 45.5 Å². The van der Waals surface area contributed by atoms with Gasteiger partial charge in [0.2, 0.25) is 0 Å². The van der Waals surface area contributed by atoms with Crippen LogP contribution in [0.4, 0.5) is 17.1 Å². The zero-order chi connectivity index (χ0) is 37.8. The van der Waals surface area contributed by atoms with Gasteiger partial charge in [0, 0.05) is 43.3 Å². The van der Waals surface area contributed by atoms with Crippen molar-refractivity contribution in [2.45, 2.75) is 51.0 Å². The van der Waals surface area contributed by atoms with Crippen LogP contribution in [-0.4, -0.2) is 74.3 Å². The van der Waals surface area contributed by atoms with E-state index in [9.17, 15) is 9.59 Å². The molecule has 5 aliphatic rings. The summed E-state index contributed by atoms with van der Waals surface area (Å²) in [5.74, 6) is 2.56. The highest BCUT2D eigenvalue weighted by Crippen LogP contribution is 2.55. The maximum Gasteiger partial charge on any atom is 0.260 e. The summed E-state index contributed by atoms with van der Waals surface area (Å²) in [6.07, 6.45) is 7.91. The molecule has 282 valence electrons. The number of hydrogen-bond acceptors (Lipinski definition) is 10. The minimum absolute atomic E-state index is 0.0167. The highest BCUT2D eigenvalue weighted by molar-refractivity contribution is 6.04. The fourth-order valence-corrected chi connectivity index (χ4v) is 8.29. The van der Waals surface area contributed by atoms with Gasteiger partial charge < -0.3 is 44.5 Å². The number of rotatable bonds is 10. The normalized spacial score (nSPS) is 20.0. The molecule has 0 radical (unpaired) electrons. The fourth-order valence-electron chi connectivity index (χ4n) is 8.29. The van der Waals surface area contributed by atoms with Gasteiger partial charge in [-0.2, -0.15) is 0 Å². The van der Waals surface area contributed by atoms with Gasteiger partial charge in [-0.15, -0.1) is 0 Å². The van der Waals surface area contributed by atoms with Gasteiger partial charge in [0.15, 0.2) is 23.0 Å². The summed E-state index contributed by atoms with van der Waals surface area (Å²) < 4.78 is 29.3. The monoisotopic (exact) mass is 741 g/mol. The van der Waals surface area contributed by atoms with Gasteiger partial charge >= 0.3 is 0 Å². The van der Waals surface area contributed by atoms with Gasteiger partial charge in [0.1, 0.15) is 19.0 Å². The predicted molar refractivity (Wildman–Crippen MR) is 209 cm³/mol. The van der Waals surface area contributed by atoms with Gasteiger partial charge in [-0.05, 0) is 95.8 Å². The Morgan fingerprint density at radius 3 is 2.18 bits per heavy atom. The van der Waals surface area contributed by atoms with E-state index in [2.05, 4.69) is 5.32 Å². The maximum absolute atomic E-state index is 13.9. The molecule has 0 bridgehead atoms. The number of hydrogen-bond donors (Lipinski definition) is 2.